The molecule has 0 spiro atoms. The molecule has 0 bridgehead atoms. The summed E-state index contributed by atoms with van der Waals surface area (Å²) in [5.74, 6) is 0. The molecule has 0 radical (unpaired) electrons. The number of primary sulfonamides is 1. The molecule has 4 rings (SSSR count). The van der Waals surface area contributed by atoms with E-state index < -0.39 is 20.1 Å². The molecule has 4 aromatic rings. The molecule has 4 aromatic carbocycles. The van der Waals surface area contributed by atoms with Crippen molar-refractivity contribution in [1.82, 2.24) is 0 Å². The molecule has 0 fully saturated rings. The first-order valence-corrected chi connectivity index (χ1v) is 12.0. The number of fused-ring (bicyclic) bond motifs is 2. The fourth-order valence-electron chi connectivity index (χ4n) is 3.83. The number of hydrogen-bond acceptors (Lipinski definition) is 4. The Labute approximate surface area is 174 Å². The van der Waals surface area contributed by atoms with E-state index in [0.717, 1.165) is 16.5 Å². The fourth-order valence-corrected chi connectivity index (χ4v) is 5.29. The molecule has 0 atom stereocenters. The van der Waals surface area contributed by atoms with E-state index in [9.17, 15) is 21.4 Å². The Morgan fingerprint density at radius 1 is 0.667 bits per heavy atom. The molecule has 0 amide bonds. The smallest absolute Gasteiger partial charge is 0.282 e. The maximum Gasteiger partial charge on any atom is 0.295 e. The second kappa shape index (κ2) is 6.88. The highest BCUT2D eigenvalue weighted by Crippen LogP contribution is 2.42. The number of sulfonamides is 1. The van der Waals surface area contributed by atoms with E-state index in [2.05, 4.69) is 0 Å². The Kier molecular flexibility index (Phi) is 4.70. The lowest BCUT2D eigenvalue weighted by Crippen LogP contribution is -2.14. The minimum atomic E-state index is -4.66. The third-order valence-electron chi connectivity index (χ3n) is 5.11. The van der Waals surface area contributed by atoms with Crippen LogP contribution in [0, 0.1) is 13.8 Å². The number of hydrogen-bond donors (Lipinski definition) is 2. The van der Waals surface area contributed by atoms with Gasteiger partial charge in [0, 0.05) is 11.1 Å². The lowest BCUT2D eigenvalue weighted by molar-refractivity contribution is 0.483. The molecule has 8 heteroatoms. The van der Waals surface area contributed by atoms with Gasteiger partial charge in [-0.2, -0.15) is 8.42 Å². The fraction of sp³-hybridized carbons (Fsp3) is 0.0909. The second-order valence-electron chi connectivity index (χ2n) is 7.35. The van der Waals surface area contributed by atoms with Crippen molar-refractivity contribution in [3.05, 3.63) is 71.8 Å². The Hall–Kier alpha value is -2.78. The normalized spacial score (nSPS) is 12.5. The first-order valence-electron chi connectivity index (χ1n) is 9.04. The van der Waals surface area contributed by atoms with E-state index in [-0.39, 0.29) is 20.9 Å². The van der Waals surface area contributed by atoms with Gasteiger partial charge in [0.15, 0.2) is 0 Å². The monoisotopic (exact) mass is 441 g/mol. The molecular formula is C22H19NO5S2. The Morgan fingerprint density at radius 3 is 1.53 bits per heavy atom. The number of benzene rings is 4. The minimum absolute atomic E-state index is 0.105. The average molecular weight is 442 g/mol. The van der Waals surface area contributed by atoms with Crippen molar-refractivity contribution in [1.29, 1.82) is 0 Å². The maximum atomic E-state index is 12.5. The van der Waals surface area contributed by atoms with Gasteiger partial charge in [0.25, 0.3) is 10.1 Å². The summed E-state index contributed by atoms with van der Waals surface area (Å²) < 4.78 is 59.4. The largest absolute Gasteiger partial charge is 0.295 e. The Morgan fingerprint density at radius 2 is 1.10 bits per heavy atom. The quantitative estimate of drug-likeness (QED) is 0.463. The van der Waals surface area contributed by atoms with Crippen LogP contribution in [0.5, 0.6) is 0 Å². The highest BCUT2D eigenvalue weighted by Gasteiger charge is 2.26. The van der Waals surface area contributed by atoms with Crippen LogP contribution in [0.15, 0.2) is 70.5 Å². The van der Waals surface area contributed by atoms with Gasteiger partial charge in [0.05, 0.1) is 4.90 Å². The summed E-state index contributed by atoms with van der Waals surface area (Å²) in [5.41, 5.74) is 2.17. The van der Waals surface area contributed by atoms with Crippen LogP contribution in [0.1, 0.15) is 11.1 Å². The lowest BCUT2D eigenvalue weighted by Gasteiger charge is -2.17. The summed E-state index contributed by atoms with van der Waals surface area (Å²) in [6, 6.07) is 16.7. The van der Waals surface area contributed by atoms with Crippen LogP contribution >= 0.6 is 0 Å². The molecule has 0 saturated heterocycles. The first kappa shape index (κ1) is 20.5. The minimum Gasteiger partial charge on any atom is -0.282 e. The number of aryl methyl sites for hydroxylation is 2. The topological polar surface area (TPSA) is 115 Å². The summed E-state index contributed by atoms with van der Waals surface area (Å²) in [4.78, 5) is -0.589. The third kappa shape index (κ3) is 3.48. The van der Waals surface area contributed by atoms with Crippen LogP contribution in [0.4, 0.5) is 0 Å². The van der Waals surface area contributed by atoms with Gasteiger partial charge in [-0.15, -0.1) is 0 Å². The zero-order chi connectivity index (χ0) is 21.8. The van der Waals surface area contributed by atoms with Gasteiger partial charge in [-0.25, -0.2) is 13.6 Å². The highest BCUT2D eigenvalue weighted by molar-refractivity contribution is 7.89. The summed E-state index contributed by atoms with van der Waals surface area (Å²) in [5, 5.41) is 7.95. The lowest BCUT2D eigenvalue weighted by atomic mass is 9.92. The molecule has 0 heterocycles. The predicted molar refractivity (Wildman–Crippen MR) is 118 cm³/mol. The molecule has 0 aliphatic carbocycles. The van der Waals surface area contributed by atoms with E-state index in [1.165, 1.54) is 12.1 Å². The van der Waals surface area contributed by atoms with Crippen LogP contribution < -0.4 is 5.14 Å². The van der Waals surface area contributed by atoms with E-state index in [4.69, 9.17) is 5.14 Å². The highest BCUT2D eigenvalue weighted by atomic mass is 32.2. The standard InChI is InChI=1S/C22H19NO5S2/c1-13-3-7-17-15(11-13)5-9-19(29(23,24)25)21(17)22-18-8-4-14(2)12-16(18)6-10-20(22)30(26,27)28/h3-12H,1-2H3,(H2,23,24,25)(H,26,27,28). The van der Waals surface area contributed by atoms with Crippen molar-refractivity contribution >= 4 is 41.7 Å². The summed E-state index contributed by atoms with van der Waals surface area (Å²) in [7, 11) is -8.86. The van der Waals surface area contributed by atoms with Crippen molar-refractivity contribution < 1.29 is 21.4 Å². The van der Waals surface area contributed by atoms with Gasteiger partial charge in [0.1, 0.15) is 4.90 Å². The SMILES string of the molecule is Cc1ccc2c(-c3c(S(=O)(=O)O)ccc4cc(C)ccc34)c(S(N)(=O)=O)ccc2c1. The van der Waals surface area contributed by atoms with Crippen LogP contribution in [0.3, 0.4) is 0 Å². The molecule has 3 N–H and O–H groups in total. The van der Waals surface area contributed by atoms with Gasteiger partial charge in [0.2, 0.25) is 10.0 Å². The molecule has 154 valence electrons. The van der Waals surface area contributed by atoms with Crippen LogP contribution in [0.2, 0.25) is 0 Å². The van der Waals surface area contributed by atoms with Gasteiger partial charge in [-0.3, -0.25) is 4.55 Å². The van der Waals surface area contributed by atoms with Gasteiger partial charge in [-0.05, 0) is 47.5 Å². The van der Waals surface area contributed by atoms with E-state index >= 15 is 0 Å². The molecule has 6 nitrogen and oxygen atoms in total. The molecule has 0 aromatic heterocycles. The van der Waals surface area contributed by atoms with Crippen LogP contribution in [-0.2, 0) is 20.1 Å². The Balaban J connectivity index is 2.33. The van der Waals surface area contributed by atoms with Crippen molar-refractivity contribution in [3.63, 3.8) is 0 Å². The van der Waals surface area contributed by atoms with Crippen molar-refractivity contribution in [3.8, 4) is 11.1 Å². The zero-order valence-corrected chi connectivity index (χ0v) is 17.9. The van der Waals surface area contributed by atoms with Crippen molar-refractivity contribution in [2.24, 2.45) is 5.14 Å². The second-order valence-corrected chi connectivity index (χ2v) is 10.3. The first-order chi connectivity index (χ1) is 14.0. The molecule has 30 heavy (non-hydrogen) atoms. The zero-order valence-electron chi connectivity index (χ0n) is 16.2. The van der Waals surface area contributed by atoms with Crippen molar-refractivity contribution in [2.75, 3.05) is 0 Å². The summed E-state index contributed by atoms with van der Waals surface area (Å²) in [6.07, 6.45) is 0. The molecule has 0 aliphatic heterocycles. The molecule has 0 unspecified atom stereocenters. The van der Waals surface area contributed by atoms with Crippen LogP contribution in [-0.4, -0.2) is 21.4 Å². The van der Waals surface area contributed by atoms with E-state index in [0.29, 0.717) is 16.2 Å². The predicted octanol–water partition coefficient (Wildman–Crippen LogP) is 4.17. The average Bonchev–Trinajstić information content (AvgIpc) is 2.64. The number of rotatable bonds is 3. The summed E-state index contributed by atoms with van der Waals surface area (Å²) >= 11 is 0. The molecular weight excluding hydrogens is 422 g/mol. The Bertz CT molecular complexity index is 1440. The third-order valence-corrected chi connectivity index (χ3v) is 6.96. The van der Waals surface area contributed by atoms with E-state index in [1.54, 1.807) is 36.4 Å². The van der Waals surface area contributed by atoms with Gasteiger partial charge < -0.3 is 0 Å². The molecule has 0 saturated carbocycles. The molecule has 0 aliphatic rings. The maximum absolute atomic E-state index is 12.5. The van der Waals surface area contributed by atoms with Gasteiger partial charge >= 0.3 is 0 Å². The van der Waals surface area contributed by atoms with Crippen molar-refractivity contribution in [2.45, 2.75) is 23.6 Å². The summed E-state index contributed by atoms with van der Waals surface area (Å²) in [6.45, 7) is 3.79. The number of nitrogens with two attached hydrogens (primary N) is 1. The van der Waals surface area contributed by atoms with E-state index in [1.807, 2.05) is 26.0 Å². The van der Waals surface area contributed by atoms with Gasteiger partial charge in [-0.1, -0.05) is 59.7 Å². The van der Waals surface area contributed by atoms with Crippen LogP contribution in [0.25, 0.3) is 32.7 Å².